The zero-order chi connectivity index (χ0) is 13.5. The second-order valence-corrected chi connectivity index (χ2v) is 5.79. The molecule has 0 spiro atoms. The molecule has 1 heterocycles. The van der Waals surface area contributed by atoms with Crippen molar-refractivity contribution in [2.24, 2.45) is 0 Å². The maximum atomic E-state index is 11.0. The summed E-state index contributed by atoms with van der Waals surface area (Å²) in [4.78, 5) is 11.0. The molecule has 0 radical (unpaired) electrons. The molecule has 106 valence electrons. The van der Waals surface area contributed by atoms with Crippen LogP contribution >= 0.6 is 11.8 Å². The minimum Gasteiger partial charge on any atom is -0.469 e. The number of methoxy groups -OCH3 is 1. The fourth-order valence-electron chi connectivity index (χ4n) is 2.32. The SMILES string of the molecule is COC(=O)CCCSc1nnnn1C1CCCCC1. The Balaban J connectivity index is 1.80. The average molecular weight is 284 g/mol. The summed E-state index contributed by atoms with van der Waals surface area (Å²) in [6, 6.07) is 0.451. The lowest BCUT2D eigenvalue weighted by atomic mass is 9.96. The third kappa shape index (κ3) is 4.19. The Hall–Kier alpha value is -1.11. The predicted molar refractivity (Wildman–Crippen MR) is 71.9 cm³/mol. The van der Waals surface area contributed by atoms with Gasteiger partial charge in [0.25, 0.3) is 0 Å². The van der Waals surface area contributed by atoms with E-state index in [0.717, 1.165) is 17.3 Å². The summed E-state index contributed by atoms with van der Waals surface area (Å²) in [6.45, 7) is 0. The van der Waals surface area contributed by atoms with Gasteiger partial charge in [0, 0.05) is 12.2 Å². The van der Waals surface area contributed by atoms with E-state index in [1.54, 1.807) is 11.8 Å². The Morgan fingerprint density at radius 2 is 2.21 bits per heavy atom. The summed E-state index contributed by atoms with van der Waals surface area (Å²) >= 11 is 1.62. The number of tetrazole rings is 1. The van der Waals surface area contributed by atoms with Crippen LogP contribution < -0.4 is 0 Å². The van der Waals surface area contributed by atoms with Gasteiger partial charge in [0.2, 0.25) is 5.16 Å². The molecule has 1 aromatic rings. The van der Waals surface area contributed by atoms with Gasteiger partial charge in [-0.3, -0.25) is 4.79 Å². The lowest BCUT2D eigenvalue weighted by Crippen LogP contribution is -2.15. The molecule has 0 aliphatic heterocycles. The van der Waals surface area contributed by atoms with Crippen LogP contribution in [0, 0.1) is 0 Å². The Kier molecular flexibility index (Phi) is 5.62. The van der Waals surface area contributed by atoms with E-state index in [1.165, 1.54) is 39.2 Å². The molecule has 19 heavy (non-hydrogen) atoms. The molecule has 1 fully saturated rings. The highest BCUT2D eigenvalue weighted by atomic mass is 32.2. The van der Waals surface area contributed by atoms with Gasteiger partial charge in [-0.15, -0.1) is 5.10 Å². The summed E-state index contributed by atoms with van der Waals surface area (Å²) < 4.78 is 6.57. The summed E-state index contributed by atoms with van der Waals surface area (Å²) in [7, 11) is 1.42. The third-order valence-corrected chi connectivity index (χ3v) is 4.39. The predicted octanol–water partition coefficient (Wildman–Crippen LogP) is 2.22. The number of hydrogen-bond donors (Lipinski definition) is 0. The van der Waals surface area contributed by atoms with Crippen LogP contribution in [0.15, 0.2) is 5.16 Å². The standard InChI is InChI=1S/C12H20N4O2S/c1-18-11(17)8-5-9-19-12-13-14-15-16(12)10-6-3-2-4-7-10/h10H,2-9H2,1H3. The van der Waals surface area contributed by atoms with Crippen LogP contribution in [0.1, 0.15) is 51.0 Å². The van der Waals surface area contributed by atoms with E-state index in [4.69, 9.17) is 0 Å². The minimum atomic E-state index is -0.160. The summed E-state index contributed by atoms with van der Waals surface area (Å²) in [5, 5.41) is 12.8. The zero-order valence-electron chi connectivity index (χ0n) is 11.2. The number of hydrogen-bond acceptors (Lipinski definition) is 6. The number of nitrogens with zero attached hydrogens (tertiary/aromatic N) is 4. The molecule has 7 heteroatoms. The summed E-state index contributed by atoms with van der Waals surface area (Å²) in [5.41, 5.74) is 0. The molecule has 0 unspecified atom stereocenters. The molecule has 1 aliphatic carbocycles. The monoisotopic (exact) mass is 284 g/mol. The van der Waals surface area contributed by atoms with Crippen molar-refractivity contribution in [3.63, 3.8) is 0 Å². The number of thioether (sulfide) groups is 1. The second-order valence-electron chi connectivity index (χ2n) is 4.73. The van der Waals surface area contributed by atoms with E-state index in [2.05, 4.69) is 20.3 Å². The van der Waals surface area contributed by atoms with Gasteiger partial charge < -0.3 is 4.74 Å². The van der Waals surface area contributed by atoms with Crippen LogP contribution in [0.25, 0.3) is 0 Å². The molecule has 6 nitrogen and oxygen atoms in total. The molecule has 0 bridgehead atoms. The highest BCUT2D eigenvalue weighted by Crippen LogP contribution is 2.30. The summed E-state index contributed by atoms with van der Waals surface area (Å²) in [6.07, 6.45) is 7.42. The van der Waals surface area contributed by atoms with Crippen molar-refractivity contribution in [1.82, 2.24) is 20.2 Å². The Labute approximate surface area is 117 Å². The topological polar surface area (TPSA) is 69.9 Å². The van der Waals surface area contributed by atoms with Gasteiger partial charge in [-0.05, 0) is 29.7 Å². The van der Waals surface area contributed by atoms with Crippen molar-refractivity contribution in [2.45, 2.75) is 56.1 Å². The first-order chi connectivity index (χ1) is 9.31. The van der Waals surface area contributed by atoms with Gasteiger partial charge >= 0.3 is 5.97 Å². The number of carbonyl (C=O) groups is 1. The maximum absolute atomic E-state index is 11.0. The number of ether oxygens (including phenoxy) is 1. The minimum absolute atomic E-state index is 0.160. The van der Waals surface area contributed by atoms with Crippen LogP contribution in [0.5, 0.6) is 0 Å². The first kappa shape index (κ1) is 14.3. The molecule has 1 aliphatic rings. The lowest BCUT2D eigenvalue weighted by Gasteiger charge is -2.21. The maximum Gasteiger partial charge on any atom is 0.305 e. The highest BCUT2D eigenvalue weighted by molar-refractivity contribution is 7.99. The molecule has 0 N–H and O–H groups in total. The Morgan fingerprint density at radius 3 is 2.95 bits per heavy atom. The van der Waals surface area contributed by atoms with Crippen molar-refractivity contribution in [3.8, 4) is 0 Å². The number of esters is 1. The van der Waals surface area contributed by atoms with Crippen molar-refractivity contribution in [2.75, 3.05) is 12.9 Å². The normalized spacial score (nSPS) is 16.5. The number of carbonyl (C=O) groups excluding carboxylic acids is 1. The molecule has 0 atom stereocenters. The quantitative estimate of drug-likeness (QED) is 0.453. The molecule has 1 aromatic heterocycles. The van der Waals surface area contributed by atoms with E-state index >= 15 is 0 Å². The van der Waals surface area contributed by atoms with Crippen LogP contribution in [0.2, 0.25) is 0 Å². The average Bonchev–Trinajstić information content (AvgIpc) is 2.92. The van der Waals surface area contributed by atoms with Crippen LogP contribution in [-0.2, 0) is 9.53 Å². The van der Waals surface area contributed by atoms with E-state index < -0.39 is 0 Å². The van der Waals surface area contributed by atoms with Crippen molar-refractivity contribution in [3.05, 3.63) is 0 Å². The van der Waals surface area contributed by atoms with E-state index in [0.29, 0.717) is 12.5 Å². The molecule has 0 aromatic carbocycles. The number of rotatable bonds is 6. The molecule has 0 amide bonds. The van der Waals surface area contributed by atoms with Gasteiger partial charge in [0.15, 0.2) is 0 Å². The molecular formula is C12H20N4O2S. The zero-order valence-corrected chi connectivity index (χ0v) is 12.1. The van der Waals surface area contributed by atoms with E-state index in [1.807, 2.05) is 4.68 Å². The van der Waals surface area contributed by atoms with Crippen LogP contribution in [0.3, 0.4) is 0 Å². The number of aromatic nitrogens is 4. The van der Waals surface area contributed by atoms with Crippen molar-refractivity contribution >= 4 is 17.7 Å². The fraction of sp³-hybridized carbons (Fsp3) is 0.833. The van der Waals surface area contributed by atoms with Crippen LogP contribution in [-0.4, -0.2) is 39.0 Å². The summed E-state index contributed by atoms with van der Waals surface area (Å²) in [5.74, 6) is 0.676. The first-order valence-corrected chi connectivity index (χ1v) is 7.77. The Bertz CT molecular complexity index is 404. The highest BCUT2D eigenvalue weighted by Gasteiger charge is 2.20. The molecular weight excluding hydrogens is 264 g/mol. The molecule has 0 saturated heterocycles. The van der Waals surface area contributed by atoms with Crippen LogP contribution in [0.4, 0.5) is 0 Å². The van der Waals surface area contributed by atoms with E-state index in [9.17, 15) is 4.79 Å². The molecule has 1 saturated carbocycles. The Morgan fingerprint density at radius 1 is 1.42 bits per heavy atom. The van der Waals surface area contributed by atoms with Gasteiger partial charge in [0.05, 0.1) is 13.2 Å². The lowest BCUT2D eigenvalue weighted by molar-refractivity contribution is -0.140. The van der Waals surface area contributed by atoms with Crippen molar-refractivity contribution in [1.29, 1.82) is 0 Å². The van der Waals surface area contributed by atoms with Crippen molar-refractivity contribution < 1.29 is 9.53 Å². The smallest absolute Gasteiger partial charge is 0.305 e. The van der Waals surface area contributed by atoms with Gasteiger partial charge in [-0.2, -0.15) is 0 Å². The van der Waals surface area contributed by atoms with Gasteiger partial charge in [0.1, 0.15) is 0 Å². The van der Waals surface area contributed by atoms with E-state index in [-0.39, 0.29) is 5.97 Å². The first-order valence-electron chi connectivity index (χ1n) is 6.78. The largest absolute Gasteiger partial charge is 0.469 e. The van der Waals surface area contributed by atoms with Gasteiger partial charge in [-0.25, -0.2) is 4.68 Å². The second kappa shape index (κ2) is 7.47. The fourth-order valence-corrected chi connectivity index (χ4v) is 3.20. The van der Waals surface area contributed by atoms with Gasteiger partial charge in [-0.1, -0.05) is 31.0 Å². The molecule has 2 rings (SSSR count). The third-order valence-electron chi connectivity index (χ3n) is 3.37.